The fourth-order valence-electron chi connectivity index (χ4n) is 0.709. The molecule has 1 N–H and O–H groups in total. The van der Waals surface area contributed by atoms with Gasteiger partial charge in [0.15, 0.2) is 0 Å². The molecule has 0 unspecified atom stereocenters. The number of nitrogens with zero attached hydrogens (tertiary/aromatic N) is 1. The molecule has 5 heteroatoms. The molecule has 0 aromatic rings. The molecule has 5 nitrogen and oxygen atoms in total. The fourth-order valence-corrected chi connectivity index (χ4v) is 0.709. The Morgan fingerprint density at radius 1 is 1.62 bits per heavy atom. The molecule has 0 aliphatic carbocycles. The standard InChI is InChI=1S/C8H16N2O3/c1-9-3-4-10(2)8(12)7-13-6-5-11/h5,9H,3-4,6-7H2,1-2H3. The zero-order chi connectivity index (χ0) is 10.1. The van der Waals surface area contributed by atoms with Gasteiger partial charge in [0.25, 0.3) is 0 Å². The third-order valence-electron chi connectivity index (χ3n) is 1.53. The van der Waals surface area contributed by atoms with Crippen LogP contribution in [0.25, 0.3) is 0 Å². The number of carbonyl (C=O) groups is 2. The summed E-state index contributed by atoms with van der Waals surface area (Å²) in [4.78, 5) is 22.6. The van der Waals surface area contributed by atoms with E-state index in [1.807, 2.05) is 7.05 Å². The smallest absolute Gasteiger partial charge is 0.248 e. The van der Waals surface area contributed by atoms with E-state index in [4.69, 9.17) is 4.74 Å². The van der Waals surface area contributed by atoms with E-state index in [1.54, 1.807) is 11.9 Å². The van der Waals surface area contributed by atoms with Crippen LogP contribution >= 0.6 is 0 Å². The highest BCUT2D eigenvalue weighted by Crippen LogP contribution is 1.84. The number of rotatable bonds is 7. The van der Waals surface area contributed by atoms with Crippen molar-refractivity contribution in [2.75, 3.05) is 40.4 Å². The number of nitrogens with one attached hydrogen (secondary N) is 1. The van der Waals surface area contributed by atoms with Crippen LogP contribution in [0.1, 0.15) is 0 Å². The average molecular weight is 188 g/mol. The van der Waals surface area contributed by atoms with Crippen molar-refractivity contribution < 1.29 is 14.3 Å². The molecule has 0 spiro atoms. The maximum absolute atomic E-state index is 11.2. The van der Waals surface area contributed by atoms with Crippen LogP contribution in [0, 0.1) is 0 Å². The number of hydrogen-bond acceptors (Lipinski definition) is 4. The number of ether oxygens (including phenoxy) is 1. The van der Waals surface area contributed by atoms with Crippen molar-refractivity contribution in [1.82, 2.24) is 10.2 Å². The number of likely N-dealkylation sites (N-methyl/N-ethyl adjacent to an activating group) is 2. The summed E-state index contributed by atoms with van der Waals surface area (Å²) in [5.74, 6) is -0.114. The highest BCUT2D eigenvalue weighted by molar-refractivity contribution is 5.77. The molecular formula is C8H16N2O3. The first kappa shape index (κ1) is 12.1. The van der Waals surface area contributed by atoms with Gasteiger partial charge >= 0.3 is 0 Å². The Labute approximate surface area is 78.0 Å². The fraction of sp³-hybridized carbons (Fsp3) is 0.750. The predicted molar refractivity (Wildman–Crippen MR) is 48.4 cm³/mol. The molecule has 0 saturated heterocycles. The highest BCUT2D eigenvalue weighted by Gasteiger charge is 2.06. The molecule has 0 heterocycles. The summed E-state index contributed by atoms with van der Waals surface area (Å²) in [6.07, 6.45) is 0.626. The summed E-state index contributed by atoms with van der Waals surface area (Å²) in [5.41, 5.74) is 0. The molecule has 0 aromatic heterocycles. The van der Waals surface area contributed by atoms with E-state index in [0.717, 1.165) is 6.54 Å². The Morgan fingerprint density at radius 3 is 2.85 bits per heavy atom. The normalized spacial score (nSPS) is 9.69. The van der Waals surface area contributed by atoms with Gasteiger partial charge in [-0.3, -0.25) is 4.79 Å². The molecule has 0 saturated carbocycles. The van der Waals surface area contributed by atoms with E-state index >= 15 is 0 Å². The van der Waals surface area contributed by atoms with Gasteiger partial charge in [-0.05, 0) is 7.05 Å². The molecule has 0 aliphatic rings. The van der Waals surface area contributed by atoms with Crippen LogP contribution in [0.3, 0.4) is 0 Å². The SMILES string of the molecule is CNCCN(C)C(=O)COCC=O. The zero-order valence-corrected chi connectivity index (χ0v) is 8.08. The van der Waals surface area contributed by atoms with E-state index in [1.165, 1.54) is 0 Å². The lowest BCUT2D eigenvalue weighted by Gasteiger charge is -2.16. The molecule has 0 bridgehead atoms. The van der Waals surface area contributed by atoms with Gasteiger partial charge in [-0.2, -0.15) is 0 Å². The maximum Gasteiger partial charge on any atom is 0.248 e. The third kappa shape index (κ3) is 6.24. The van der Waals surface area contributed by atoms with E-state index in [0.29, 0.717) is 12.8 Å². The molecule has 0 aliphatic heterocycles. The first-order valence-electron chi connectivity index (χ1n) is 4.12. The van der Waals surface area contributed by atoms with Crippen molar-refractivity contribution >= 4 is 12.2 Å². The minimum absolute atomic E-state index is 0.0222. The van der Waals surface area contributed by atoms with Crippen molar-refractivity contribution in [2.24, 2.45) is 0 Å². The largest absolute Gasteiger partial charge is 0.364 e. The topological polar surface area (TPSA) is 58.6 Å². The van der Waals surface area contributed by atoms with Crippen molar-refractivity contribution in [3.63, 3.8) is 0 Å². The molecular weight excluding hydrogens is 172 g/mol. The van der Waals surface area contributed by atoms with Crippen molar-refractivity contribution in [1.29, 1.82) is 0 Å². The van der Waals surface area contributed by atoms with Gasteiger partial charge in [0.2, 0.25) is 5.91 Å². The molecule has 1 amide bonds. The first-order valence-corrected chi connectivity index (χ1v) is 4.12. The van der Waals surface area contributed by atoms with Gasteiger partial charge in [-0.1, -0.05) is 0 Å². The maximum atomic E-state index is 11.2. The van der Waals surface area contributed by atoms with Gasteiger partial charge in [-0.15, -0.1) is 0 Å². The molecule has 0 radical (unpaired) electrons. The summed E-state index contributed by atoms with van der Waals surface area (Å²) in [5, 5.41) is 2.93. The summed E-state index contributed by atoms with van der Waals surface area (Å²) in [6.45, 7) is 1.33. The Morgan fingerprint density at radius 2 is 2.31 bits per heavy atom. The van der Waals surface area contributed by atoms with Crippen molar-refractivity contribution in [3.8, 4) is 0 Å². The van der Waals surface area contributed by atoms with Crippen LogP contribution in [0.15, 0.2) is 0 Å². The summed E-state index contributed by atoms with van der Waals surface area (Å²) >= 11 is 0. The van der Waals surface area contributed by atoms with E-state index in [2.05, 4.69) is 5.32 Å². The van der Waals surface area contributed by atoms with Gasteiger partial charge in [-0.25, -0.2) is 0 Å². The molecule has 0 atom stereocenters. The molecule has 0 aromatic carbocycles. The van der Waals surface area contributed by atoms with Crippen molar-refractivity contribution in [2.45, 2.75) is 0 Å². The third-order valence-corrected chi connectivity index (χ3v) is 1.53. The second-order valence-corrected chi connectivity index (χ2v) is 2.60. The summed E-state index contributed by atoms with van der Waals surface area (Å²) in [6, 6.07) is 0. The van der Waals surface area contributed by atoms with Crippen LogP contribution in [0.4, 0.5) is 0 Å². The lowest BCUT2D eigenvalue weighted by Crippen LogP contribution is -2.35. The lowest BCUT2D eigenvalue weighted by molar-refractivity contribution is -0.135. The zero-order valence-electron chi connectivity index (χ0n) is 8.08. The minimum atomic E-state index is -0.114. The molecule has 76 valence electrons. The summed E-state index contributed by atoms with van der Waals surface area (Å²) < 4.78 is 4.77. The number of aldehydes is 1. The van der Waals surface area contributed by atoms with Gasteiger partial charge in [0, 0.05) is 20.1 Å². The Hall–Kier alpha value is -0.940. The van der Waals surface area contributed by atoms with Gasteiger partial charge < -0.3 is 19.7 Å². The predicted octanol–water partition coefficient (Wildman–Crippen LogP) is -1.12. The quantitative estimate of drug-likeness (QED) is 0.406. The number of hydrogen-bond donors (Lipinski definition) is 1. The highest BCUT2D eigenvalue weighted by atomic mass is 16.5. The van der Waals surface area contributed by atoms with Crippen LogP contribution in [-0.2, 0) is 14.3 Å². The number of amides is 1. The second kappa shape index (κ2) is 7.70. The van der Waals surface area contributed by atoms with Gasteiger partial charge in [0.1, 0.15) is 19.5 Å². The molecule has 0 rings (SSSR count). The monoisotopic (exact) mass is 188 g/mol. The van der Waals surface area contributed by atoms with Crippen LogP contribution in [0.2, 0.25) is 0 Å². The van der Waals surface area contributed by atoms with E-state index in [-0.39, 0.29) is 19.1 Å². The Balaban J connectivity index is 3.50. The Kier molecular flexibility index (Phi) is 7.14. The average Bonchev–Trinajstić information content (AvgIpc) is 2.14. The van der Waals surface area contributed by atoms with Crippen LogP contribution < -0.4 is 5.32 Å². The second-order valence-electron chi connectivity index (χ2n) is 2.60. The lowest BCUT2D eigenvalue weighted by atomic mass is 10.5. The van der Waals surface area contributed by atoms with Crippen molar-refractivity contribution in [3.05, 3.63) is 0 Å². The Bertz CT molecular complexity index is 161. The molecule has 0 fully saturated rings. The molecule has 13 heavy (non-hydrogen) atoms. The van der Waals surface area contributed by atoms with E-state index in [9.17, 15) is 9.59 Å². The van der Waals surface area contributed by atoms with Gasteiger partial charge in [0.05, 0.1) is 0 Å². The minimum Gasteiger partial charge on any atom is -0.364 e. The van der Waals surface area contributed by atoms with Crippen LogP contribution in [0.5, 0.6) is 0 Å². The number of carbonyl (C=O) groups excluding carboxylic acids is 2. The first-order chi connectivity index (χ1) is 6.22. The van der Waals surface area contributed by atoms with Crippen LogP contribution in [-0.4, -0.2) is 57.5 Å². The summed E-state index contributed by atoms with van der Waals surface area (Å²) in [7, 11) is 3.52. The van der Waals surface area contributed by atoms with E-state index < -0.39 is 0 Å².